The van der Waals surface area contributed by atoms with Crippen molar-refractivity contribution in [1.29, 1.82) is 0 Å². The van der Waals surface area contributed by atoms with E-state index in [2.05, 4.69) is 14.9 Å². The Kier molecular flexibility index (Phi) is 7.61. The van der Waals surface area contributed by atoms with Gasteiger partial charge in [-0.3, -0.25) is 9.59 Å². The van der Waals surface area contributed by atoms with Crippen molar-refractivity contribution < 1.29 is 32.3 Å². The van der Waals surface area contributed by atoms with Crippen molar-refractivity contribution >= 4 is 23.6 Å². The highest BCUT2D eigenvalue weighted by atomic mass is 32.2. The summed E-state index contributed by atoms with van der Waals surface area (Å²) in [6, 6.07) is 5.79. The molecule has 8 nitrogen and oxygen atoms in total. The van der Waals surface area contributed by atoms with E-state index in [1.54, 1.807) is 11.8 Å². The SMILES string of the molecule is CCOC(=O)C1CCCN(C(=O)CSc2nnc(-c3ccc(OC(F)F)cc3)o2)C1. The molecule has 0 bridgehead atoms. The van der Waals surface area contributed by atoms with E-state index in [0.717, 1.165) is 18.2 Å². The monoisotopic (exact) mass is 441 g/mol. The van der Waals surface area contributed by atoms with Gasteiger partial charge in [0.05, 0.1) is 18.3 Å². The average molecular weight is 441 g/mol. The molecule has 1 aliphatic heterocycles. The molecule has 162 valence electrons. The summed E-state index contributed by atoms with van der Waals surface area (Å²) in [7, 11) is 0. The Balaban J connectivity index is 1.52. The molecule has 1 amide bonds. The maximum Gasteiger partial charge on any atom is 0.387 e. The van der Waals surface area contributed by atoms with E-state index in [0.29, 0.717) is 31.7 Å². The number of ether oxygens (including phenoxy) is 2. The molecule has 1 atom stereocenters. The highest BCUT2D eigenvalue weighted by molar-refractivity contribution is 7.99. The van der Waals surface area contributed by atoms with Crippen LogP contribution >= 0.6 is 11.8 Å². The number of hydrogen-bond acceptors (Lipinski definition) is 8. The molecule has 1 aromatic heterocycles. The van der Waals surface area contributed by atoms with Crippen LogP contribution in [0.15, 0.2) is 33.9 Å². The van der Waals surface area contributed by atoms with Gasteiger partial charge in [-0.05, 0) is 44.0 Å². The van der Waals surface area contributed by atoms with Gasteiger partial charge >= 0.3 is 12.6 Å². The molecule has 1 unspecified atom stereocenters. The Morgan fingerprint density at radius 1 is 1.30 bits per heavy atom. The third kappa shape index (κ3) is 5.91. The van der Waals surface area contributed by atoms with Crippen LogP contribution in [0.5, 0.6) is 5.75 Å². The largest absolute Gasteiger partial charge is 0.466 e. The van der Waals surface area contributed by atoms with Crippen molar-refractivity contribution in [3.63, 3.8) is 0 Å². The molecular formula is C19H21F2N3O5S. The lowest BCUT2D eigenvalue weighted by Crippen LogP contribution is -2.43. The van der Waals surface area contributed by atoms with Crippen LogP contribution in [-0.2, 0) is 14.3 Å². The van der Waals surface area contributed by atoms with Gasteiger partial charge in [0.25, 0.3) is 5.22 Å². The van der Waals surface area contributed by atoms with Crippen molar-refractivity contribution in [3.05, 3.63) is 24.3 Å². The lowest BCUT2D eigenvalue weighted by atomic mass is 9.98. The summed E-state index contributed by atoms with van der Waals surface area (Å²) in [4.78, 5) is 26.1. The zero-order valence-electron chi connectivity index (χ0n) is 16.3. The van der Waals surface area contributed by atoms with Crippen molar-refractivity contribution in [2.24, 2.45) is 5.92 Å². The summed E-state index contributed by atoms with van der Waals surface area (Å²) in [5.41, 5.74) is 0.538. The van der Waals surface area contributed by atoms with Crippen molar-refractivity contribution in [1.82, 2.24) is 15.1 Å². The highest BCUT2D eigenvalue weighted by Crippen LogP contribution is 2.26. The highest BCUT2D eigenvalue weighted by Gasteiger charge is 2.29. The fourth-order valence-electron chi connectivity index (χ4n) is 3.03. The van der Waals surface area contributed by atoms with Crippen LogP contribution < -0.4 is 4.74 Å². The van der Waals surface area contributed by atoms with Gasteiger partial charge < -0.3 is 18.8 Å². The summed E-state index contributed by atoms with van der Waals surface area (Å²) >= 11 is 1.10. The molecular weight excluding hydrogens is 420 g/mol. The van der Waals surface area contributed by atoms with Gasteiger partial charge in [-0.25, -0.2) is 0 Å². The number of carbonyl (C=O) groups is 2. The number of nitrogens with zero attached hydrogens (tertiary/aromatic N) is 3. The molecule has 0 radical (unpaired) electrons. The Morgan fingerprint density at radius 3 is 2.77 bits per heavy atom. The zero-order valence-corrected chi connectivity index (χ0v) is 17.1. The first-order valence-corrected chi connectivity index (χ1v) is 10.4. The minimum atomic E-state index is -2.90. The van der Waals surface area contributed by atoms with Gasteiger partial charge in [-0.2, -0.15) is 8.78 Å². The number of halogens is 2. The van der Waals surface area contributed by atoms with Gasteiger partial charge in [0.1, 0.15) is 5.75 Å². The number of rotatable bonds is 8. The van der Waals surface area contributed by atoms with Crippen LogP contribution in [0.4, 0.5) is 8.78 Å². The van der Waals surface area contributed by atoms with E-state index in [4.69, 9.17) is 9.15 Å². The normalized spacial score (nSPS) is 16.5. The summed E-state index contributed by atoms with van der Waals surface area (Å²) in [5.74, 6) is -0.362. The van der Waals surface area contributed by atoms with Gasteiger partial charge in [-0.15, -0.1) is 10.2 Å². The second-order valence-electron chi connectivity index (χ2n) is 6.50. The number of thioether (sulfide) groups is 1. The van der Waals surface area contributed by atoms with Crippen molar-refractivity contribution in [2.75, 3.05) is 25.4 Å². The quantitative estimate of drug-likeness (QED) is 0.455. The molecule has 0 N–H and O–H groups in total. The van der Waals surface area contributed by atoms with Gasteiger partial charge in [0.15, 0.2) is 0 Å². The zero-order chi connectivity index (χ0) is 21.5. The maximum atomic E-state index is 12.5. The van der Waals surface area contributed by atoms with Crippen LogP contribution in [0, 0.1) is 5.92 Å². The number of benzene rings is 1. The topological polar surface area (TPSA) is 94.8 Å². The smallest absolute Gasteiger partial charge is 0.387 e. The van der Waals surface area contributed by atoms with Crippen LogP contribution in [-0.4, -0.2) is 59.0 Å². The molecule has 2 aromatic rings. The molecule has 0 saturated carbocycles. The fraction of sp³-hybridized carbons (Fsp3) is 0.474. The second kappa shape index (κ2) is 10.4. The molecule has 1 fully saturated rings. The number of aromatic nitrogens is 2. The lowest BCUT2D eigenvalue weighted by molar-refractivity contribution is -0.151. The van der Waals surface area contributed by atoms with E-state index < -0.39 is 6.61 Å². The predicted molar refractivity (Wildman–Crippen MR) is 103 cm³/mol. The minimum absolute atomic E-state index is 0.0242. The van der Waals surface area contributed by atoms with Crippen LogP contribution in [0.25, 0.3) is 11.5 Å². The molecule has 3 rings (SSSR count). The number of carbonyl (C=O) groups excluding carboxylic acids is 2. The minimum Gasteiger partial charge on any atom is -0.466 e. The van der Waals surface area contributed by atoms with Gasteiger partial charge in [-0.1, -0.05) is 11.8 Å². The van der Waals surface area contributed by atoms with E-state index in [9.17, 15) is 18.4 Å². The molecule has 0 spiro atoms. The number of likely N-dealkylation sites (tertiary alicyclic amines) is 1. The first-order valence-electron chi connectivity index (χ1n) is 9.42. The first-order chi connectivity index (χ1) is 14.5. The Labute approximate surface area is 175 Å². The Morgan fingerprint density at radius 2 is 2.07 bits per heavy atom. The first kappa shape index (κ1) is 22.0. The second-order valence-corrected chi connectivity index (χ2v) is 7.42. The summed E-state index contributed by atoms with van der Waals surface area (Å²) < 4.78 is 39.3. The third-order valence-electron chi connectivity index (χ3n) is 4.45. The average Bonchev–Trinajstić information content (AvgIpc) is 3.21. The summed E-state index contributed by atoms with van der Waals surface area (Å²) in [6.45, 7) is 0.121. The summed E-state index contributed by atoms with van der Waals surface area (Å²) in [6.07, 6.45) is 1.46. The lowest BCUT2D eigenvalue weighted by Gasteiger charge is -2.31. The van der Waals surface area contributed by atoms with Crippen LogP contribution in [0.2, 0.25) is 0 Å². The maximum absolute atomic E-state index is 12.5. The number of esters is 1. The van der Waals surface area contributed by atoms with E-state index in [-0.39, 0.29) is 40.4 Å². The predicted octanol–water partition coefficient (Wildman–Crippen LogP) is 3.23. The molecule has 11 heteroatoms. The number of piperidine rings is 1. The van der Waals surface area contributed by atoms with E-state index >= 15 is 0 Å². The Bertz CT molecular complexity index is 862. The molecule has 1 aromatic carbocycles. The third-order valence-corrected chi connectivity index (χ3v) is 5.25. The molecule has 30 heavy (non-hydrogen) atoms. The summed E-state index contributed by atoms with van der Waals surface area (Å²) in [5, 5.41) is 8.02. The molecule has 1 aliphatic rings. The number of alkyl halides is 2. The van der Waals surface area contributed by atoms with Gasteiger partial charge in [0, 0.05) is 18.7 Å². The van der Waals surface area contributed by atoms with Crippen LogP contribution in [0.3, 0.4) is 0 Å². The number of hydrogen-bond donors (Lipinski definition) is 0. The molecule has 0 aliphatic carbocycles. The van der Waals surface area contributed by atoms with Crippen molar-refractivity contribution in [2.45, 2.75) is 31.6 Å². The standard InChI is InChI=1S/C19H21F2N3O5S/c1-2-27-17(26)13-4-3-9-24(10-13)15(25)11-30-19-23-22-16(29-19)12-5-7-14(8-6-12)28-18(20)21/h5-8,13,18H,2-4,9-11H2,1H3. The van der Waals surface area contributed by atoms with Crippen LogP contribution in [0.1, 0.15) is 19.8 Å². The molecule has 2 heterocycles. The Hall–Kier alpha value is -2.69. The number of amides is 1. The van der Waals surface area contributed by atoms with Crippen molar-refractivity contribution in [3.8, 4) is 17.2 Å². The van der Waals surface area contributed by atoms with Gasteiger partial charge in [0.2, 0.25) is 11.8 Å². The van der Waals surface area contributed by atoms with E-state index in [1.807, 2.05) is 0 Å². The molecule has 1 saturated heterocycles. The van der Waals surface area contributed by atoms with E-state index in [1.165, 1.54) is 24.3 Å². The fourth-order valence-corrected chi connectivity index (χ4v) is 3.70.